The molecule has 0 amide bonds. The number of nitrogens with one attached hydrogen (secondary N) is 2. The molecule has 39 heavy (non-hydrogen) atoms. The zero-order valence-electron chi connectivity index (χ0n) is 19.8. The van der Waals surface area contributed by atoms with Gasteiger partial charge in [0.1, 0.15) is 11.4 Å². The van der Waals surface area contributed by atoms with Gasteiger partial charge < -0.3 is 10.3 Å². The quantitative estimate of drug-likeness (QED) is 0.125. The molecule has 0 saturated heterocycles. The van der Waals surface area contributed by atoms with Crippen LogP contribution in [0.4, 0.5) is 29.2 Å². The Balaban J connectivity index is 1.79. The molecule has 7 nitrogen and oxygen atoms in total. The van der Waals surface area contributed by atoms with Crippen LogP contribution in [-0.4, -0.2) is 19.9 Å². The van der Waals surface area contributed by atoms with Crippen LogP contribution in [0.15, 0.2) is 85.1 Å². The topological polar surface area (TPSA) is 96.7 Å². The number of fused-ring (bicyclic) bond motifs is 1. The van der Waals surface area contributed by atoms with Gasteiger partial charge in [-0.1, -0.05) is 48.0 Å². The number of hydrogen-bond acceptors (Lipinski definition) is 5. The number of nitro groups is 1. The highest BCUT2D eigenvalue weighted by Crippen LogP contribution is 2.40. The minimum Gasteiger partial charge on any atom is -0.340 e. The summed E-state index contributed by atoms with van der Waals surface area (Å²) >= 11 is 6.06. The molecule has 3 aromatic carbocycles. The highest BCUT2D eigenvalue weighted by atomic mass is 35.5. The van der Waals surface area contributed by atoms with Gasteiger partial charge in [-0.05, 0) is 47.5 Å². The van der Waals surface area contributed by atoms with Gasteiger partial charge in [0.2, 0.25) is 5.95 Å². The Hall–Kier alpha value is -4.51. The average molecular weight is 556 g/mol. The summed E-state index contributed by atoms with van der Waals surface area (Å²) in [5.74, 6) is -1.10. The molecule has 1 atom stereocenters. The lowest BCUT2D eigenvalue weighted by Crippen LogP contribution is -2.40. The van der Waals surface area contributed by atoms with Crippen molar-refractivity contribution >= 4 is 34.3 Å². The van der Waals surface area contributed by atoms with E-state index >= 15 is 0 Å². The van der Waals surface area contributed by atoms with E-state index in [9.17, 15) is 27.7 Å². The molecule has 0 saturated carbocycles. The summed E-state index contributed by atoms with van der Waals surface area (Å²) < 4.78 is 56.2. The Morgan fingerprint density at radius 2 is 1.72 bits per heavy atom. The molecule has 12 heteroatoms. The van der Waals surface area contributed by atoms with Crippen LogP contribution in [0.2, 0.25) is 5.02 Å². The first-order chi connectivity index (χ1) is 18.5. The summed E-state index contributed by atoms with van der Waals surface area (Å²) in [6, 6.07) is 18.4. The van der Waals surface area contributed by atoms with Crippen LogP contribution >= 0.6 is 11.6 Å². The van der Waals surface area contributed by atoms with Crippen LogP contribution in [0.5, 0.6) is 0 Å². The number of nitro benzene ring substituents is 1. The number of anilines is 1. The molecule has 198 valence electrons. The van der Waals surface area contributed by atoms with Crippen LogP contribution in [0.1, 0.15) is 22.4 Å². The van der Waals surface area contributed by atoms with Crippen molar-refractivity contribution in [3.05, 3.63) is 128 Å². The Labute approximate surface area is 223 Å². The number of alkyl halides is 3. The molecule has 0 fully saturated rings. The van der Waals surface area contributed by atoms with Gasteiger partial charge in [0, 0.05) is 18.7 Å². The van der Waals surface area contributed by atoms with E-state index in [0.717, 1.165) is 12.1 Å². The highest BCUT2D eigenvalue weighted by molar-refractivity contribution is 6.30. The summed E-state index contributed by atoms with van der Waals surface area (Å²) in [5.41, 5.74) is -1.92. The molecular weight excluding hydrogens is 538 g/mol. The molecule has 5 aromatic rings. The third-order valence-corrected chi connectivity index (χ3v) is 6.44. The number of benzene rings is 3. The first kappa shape index (κ1) is 26.1. The number of non-ortho nitro benzene ring substituents is 1. The fourth-order valence-corrected chi connectivity index (χ4v) is 4.59. The smallest absolute Gasteiger partial charge is 0.340 e. The molecule has 0 bridgehead atoms. The van der Waals surface area contributed by atoms with Gasteiger partial charge in [0.15, 0.2) is 5.52 Å². The summed E-state index contributed by atoms with van der Waals surface area (Å²) in [5, 5.41) is 15.0. The highest BCUT2D eigenvalue weighted by Gasteiger charge is 2.40. The number of pyridine rings is 1. The van der Waals surface area contributed by atoms with Crippen LogP contribution < -0.4 is 5.32 Å². The number of aromatic nitrogens is 3. The maximum atomic E-state index is 14.8. The molecule has 0 spiro atoms. The number of H-pyrrole nitrogens is 1. The van der Waals surface area contributed by atoms with Gasteiger partial charge in [0.05, 0.1) is 26.7 Å². The minimum absolute atomic E-state index is 0.00234. The summed E-state index contributed by atoms with van der Waals surface area (Å²) in [6.45, 7) is 0. The van der Waals surface area contributed by atoms with Crippen LogP contribution in [-0.2, 0) is 18.1 Å². The molecule has 2 N–H and O–H groups in total. The van der Waals surface area contributed by atoms with Gasteiger partial charge in [-0.25, -0.2) is 9.37 Å². The van der Waals surface area contributed by atoms with E-state index in [1.54, 1.807) is 36.4 Å². The number of imidazole rings is 1. The largest absolute Gasteiger partial charge is 0.416 e. The Bertz CT molecular complexity index is 1660. The Kier molecular flexibility index (Phi) is 6.69. The molecular formula is C27H18ClF4N5O2. The van der Waals surface area contributed by atoms with Crippen molar-refractivity contribution < 1.29 is 22.5 Å². The zero-order valence-corrected chi connectivity index (χ0v) is 20.6. The van der Waals surface area contributed by atoms with Gasteiger partial charge >= 0.3 is 6.18 Å². The van der Waals surface area contributed by atoms with E-state index in [-0.39, 0.29) is 39.9 Å². The van der Waals surface area contributed by atoms with Gasteiger partial charge in [-0.2, -0.15) is 13.2 Å². The van der Waals surface area contributed by atoms with Crippen LogP contribution in [0, 0.1) is 15.9 Å². The van der Waals surface area contributed by atoms with E-state index in [4.69, 9.17) is 11.6 Å². The number of aromatic amines is 1. The number of rotatable bonds is 7. The van der Waals surface area contributed by atoms with Crippen molar-refractivity contribution in [2.45, 2.75) is 18.1 Å². The average Bonchev–Trinajstić information content (AvgIpc) is 3.30. The predicted octanol–water partition coefficient (Wildman–Crippen LogP) is 7.28. The van der Waals surface area contributed by atoms with Crippen molar-refractivity contribution in [1.29, 1.82) is 0 Å². The second-order valence-electron chi connectivity index (χ2n) is 8.80. The van der Waals surface area contributed by atoms with E-state index in [1.807, 2.05) is 0 Å². The van der Waals surface area contributed by atoms with Crippen LogP contribution in [0.3, 0.4) is 0 Å². The van der Waals surface area contributed by atoms with Crippen molar-refractivity contribution in [1.82, 2.24) is 15.0 Å². The molecule has 2 aromatic heterocycles. The fraction of sp³-hybridized carbons (Fsp3) is 0.111. The Morgan fingerprint density at radius 3 is 2.38 bits per heavy atom. The maximum absolute atomic E-state index is 14.8. The molecule has 0 aliphatic rings. The summed E-state index contributed by atoms with van der Waals surface area (Å²) in [4.78, 5) is 22.6. The van der Waals surface area contributed by atoms with Crippen LogP contribution in [0.25, 0.3) is 11.0 Å². The molecule has 2 heterocycles. The Morgan fingerprint density at radius 1 is 0.974 bits per heavy atom. The lowest BCUT2D eigenvalue weighted by molar-refractivity contribution is -0.383. The lowest BCUT2D eigenvalue weighted by atomic mass is 9.80. The first-order valence-electron chi connectivity index (χ1n) is 11.5. The van der Waals surface area contributed by atoms with E-state index in [0.29, 0.717) is 17.1 Å². The number of halogens is 5. The van der Waals surface area contributed by atoms with E-state index in [1.165, 1.54) is 30.5 Å². The standard InChI is InChI=1S/C27H18ClF4N5O2/c28-19-9-10-23(33-15-19)26(14-16-5-2-1-3-6-16,17-11-18(27(30,31)32)13-20(29)12-17)36-25-34-21-7-4-8-22(37(38)39)24(21)35-25/h1-13,15H,14H2,(H2,34,35,36). The molecule has 5 rings (SSSR count). The minimum atomic E-state index is -4.83. The third kappa shape index (κ3) is 5.26. The van der Waals surface area contributed by atoms with Gasteiger partial charge in [-0.15, -0.1) is 0 Å². The van der Waals surface area contributed by atoms with Crippen molar-refractivity contribution in [2.75, 3.05) is 5.32 Å². The monoisotopic (exact) mass is 555 g/mol. The molecule has 1 unspecified atom stereocenters. The van der Waals surface area contributed by atoms with Gasteiger partial charge in [0.25, 0.3) is 5.69 Å². The molecule has 0 radical (unpaired) electrons. The van der Waals surface area contributed by atoms with E-state index < -0.39 is 28.0 Å². The lowest BCUT2D eigenvalue weighted by Gasteiger charge is -2.35. The normalized spacial score (nSPS) is 13.3. The maximum Gasteiger partial charge on any atom is 0.416 e. The predicted molar refractivity (Wildman–Crippen MR) is 138 cm³/mol. The van der Waals surface area contributed by atoms with E-state index in [2.05, 4.69) is 20.3 Å². The third-order valence-electron chi connectivity index (χ3n) is 6.21. The summed E-state index contributed by atoms with van der Waals surface area (Å²) in [7, 11) is 0. The second-order valence-corrected chi connectivity index (χ2v) is 9.23. The SMILES string of the molecule is O=[N+]([O-])c1cccc2[nH]c(NC(Cc3ccccc3)(c3cc(F)cc(C(F)(F)F)c3)c3ccc(Cl)cn3)nc12. The van der Waals surface area contributed by atoms with Crippen molar-refractivity contribution in [2.24, 2.45) is 0 Å². The number of para-hydroxylation sites is 1. The molecule has 0 aliphatic carbocycles. The van der Waals surface area contributed by atoms with Crippen molar-refractivity contribution in [3.8, 4) is 0 Å². The fourth-order valence-electron chi connectivity index (χ4n) is 4.48. The number of nitrogens with zero attached hydrogens (tertiary/aromatic N) is 3. The molecule has 0 aliphatic heterocycles. The van der Waals surface area contributed by atoms with Crippen molar-refractivity contribution in [3.63, 3.8) is 0 Å². The second kappa shape index (κ2) is 9.99. The zero-order chi connectivity index (χ0) is 27.8. The summed E-state index contributed by atoms with van der Waals surface area (Å²) in [6.07, 6.45) is -3.50. The first-order valence-corrected chi connectivity index (χ1v) is 11.9. The number of hydrogen-bond donors (Lipinski definition) is 2. The van der Waals surface area contributed by atoms with Gasteiger partial charge in [-0.3, -0.25) is 15.1 Å².